The summed E-state index contributed by atoms with van der Waals surface area (Å²) in [5, 5.41) is 1.21. The summed E-state index contributed by atoms with van der Waals surface area (Å²) in [6.07, 6.45) is 2.06. The number of fused-ring (bicyclic) bond motifs is 6. The third kappa shape index (κ3) is 7.12. The number of hydrogen-bond donors (Lipinski definition) is 1. The number of piperidine rings is 1. The Morgan fingerprint density at radius 2 is 1.50 bits per heavy atom. The van der Waals surface area contributed by atoms with Crippen molar-refractivity contribution < 1.29 is 52.3 Å². The highest BCUT2D eigenvalue weighted by atomic mass is 16.6. The highest BCUT2D eigenvalue weighted by Crippen LogP contribution is 2.50. The second-order valence-corrected chi connectivity index (χ2v) is 14.1. The van der Waals surface area contributed by atoms with E-state index in [1.807, 2.05) is 12.1 Å². The Bertz CT molecular complexity index is 2010. The molecule has 4 aromatic rings. The molecule has 5 atom stereocenters. The minimum atomic E-state index is -0.607. The standard InChI is InChI=1S/C41H46N2O11/c1-47-25-7-8-29-30-9-10-43-21-24-14-28(18-32(41(46)52-6)31(24)20-34(43)38(30)42-33(29)19-25)53-40(45)23-15-35(50-4)39(36(16-23)51-5)54-37(44)13-22-11-26(48-2)17-27(12-22)49-3/h7-8,11-12,15-17,19,24,28,31-32,34,42H,9-10,13-14,18,20-21H2,1-6H3. The van der Waals surface area contributed by atoms with Crippen LogP contribution in [0.5, 0.6) is 34.5 Å². The van der Waals surface area contributed by atoms with Gasteiger partial charge in [0.2, 0.25) is 5.75 Å². The van der Waals surface area contributed by atoms with Gasteiger partial charge in [-0.25, -0.2) is 4.79 Å². The lowest BCUT2D eigenvalue weighted by Gasteiger charge is -2.51. The first kappa shape index (κ1) is 36.9. The molecule has 13 nitrogen and oxygen atoms in total. The molecule has 2 aliphatic heterocycles. The Morgan fingerprint density at radius 1 is 0.796 bits per heavy atom. The van der Waals surface area contributed by atoms with E-state index in [1.54, 1.807) is 25.3 Å². The minimum Gasteiger partial charge on any atom is -0.497 e. The molecule has 1 N–H and O–H groups in total. The van der Waals surface area contributed by atoms with Gasteiger partial charge in [-0.05, 0) is 85.0 Å². The maximum Gasteiger partial charge on any atom is 0.338 e. The molecule has 2 fully saturated rings. The molecule has 54 heavy (non-hydrogen) atoms. The topological polar surface area (TPSA) is 144 Å². The predicted molar refractivity (Wildman–Crippen MR) is 197 cm³/mol. The number of nitrogens with zero attached hydrogens (tertiary/aromatic N) is 1. The molecule has 0 spiro atoms. The lowest BCUT2D eigenvalue weighted by molar-refractivity contribution is -0.155. The van der Waals surface area contributed by atoms with Crippen molar-refractivity contribution in [3.63, 3.8) is 0 Å². The lowest BCUT2D eigenvalue weighted by atomic mass is 9.65. The summed E-state index contributed by atoms with van der Waals surface area (Å²) in [4.78, 5) is 46.3. The van der Waals surface area contributed by atoms with Crippen molar-refractivity contribution in [1.29, 1.82) is 0 Å². The number of carbonyl (C=O) groups is 3. The highest BCUT2D eigenvalue weighted by molar-refractivity contribution is 5.92. The first-order valence-corrected chi connectivity index (χ1v) is 18.1. The van der Waals surface area contributed by atoms with Gasteiger partial charge in [-0.15, -0.1) is 0 Å². The van der Waals surface area contributed by atoms with E-state index in [1.165, 1.54) is 64.3 Å². The Balaban J connectivity index is 1.07. The second-order valence-electron chi connectivity index (χ2n) is 14.1. The van der Waals surface area contributed by atoms with Crippen LogP contribution in [-0.2, 0) is 31.9 Å². The van der Waals surface area contributed by atoms with Crippen molar-refractivity contribution in [1.82, 2.24) is 9.88 Å². The SMILES string of the molecule is COC(=O)C1CC(OC(=O)c2cc(OC)c(OC(=O)Cc3cc(OC)cc(OC)c3)c(OC)c2)CC2CN3CCc4c([nH]c5cc(OC)ccc45)C3CC21. The Kier molecular flexibility index (Phi) is 10.6. The number of nitrogens with one attached hydrogen (secondary N) is 1. The van der Waals surface area contributed by atoms with Crippen LogP contribution in [0.1, 0.15) is 52.5 Å². The quantitative estimate of drug-likeness (QED) is 0.149. The molecule has 5 unspecified atom stereocenters. The highest BCUT2D eigenvalue weighted by Gasteiger charge is 2.49. The van der Waals surface area contributed by atoms with E-state index in [0.29, 0.717) is 29.9 Å². The lowest BCUT2D eigenvalue weighted by Crippen LogP contribution is -2.52. The normalized spacial score (nSPS) is 21.9. The van der Waals surface area contributed by atoms with E-state index in [4.69, 9.17) is 37.9 Å². The van der Waals surface area contributed by atoms with Crippen LogP contribution < -0.4 is 28.4 Å². The summed E-state index contributed by atoms with van der Waals surface area (Å²) in [7, 11) is 8.94. The third-order valence-corrected chi connectivity index (χ3v) is 11.2. The smallest absolute Gasteiger partial charge is 0.338 e. The van der Waals surface area contributed by atoms with Crippen LogP contribution in [0.2, 0.25) is 0 Å². The van der Waals surface area contributed by atoms with Crippen molar-refractivity contribution >= 4 is 28.8 Å². The first-order valence-electron chi connectivity index (χ1n) is 18.1. The molecule has 3 aromatic carbocycles. The van der Waals surface area contributed by atoms with E-state index in [2.05, 4.69) is 16.0 Å². The monoisotopic (exact) mass is 742 g/mol. The maximum absolute atomic E-state index is 13.7. The van der Waals surface area contributed by atoms with E-state index in [-0.39, 0.29) is 53.1 Å². The van der Waals surface area contributed by atoms with Gasteiger partial charge in [0.15, 0.2) is 11.5 Å². The van der Waals surface area contributed by atoms with Crippen molar-refractivity contribution in [3.8, 4) is 34.5 Å². The molecule has 1 saturated heterocycles. The fraction of sp³-hybridized carbons (Fsp3) is 0.439. The number of ether oxygens (including phenoxy) is 8. The van der Waals surface area contributed by atoms with Gasteiger partial charge >= 0.3 is 17.9 Å². The summed E-state index contributed by atoms with van der Waals surface area (Å²) in [5.41, 5.74) is 4.36. The Labute approximate surface area is 313 Å². The zero-order valence-electron chi connectivity index (χ0n) is 31.4. The Morgan fingerprint density at radius 3 is 2.15 bits per heavy atom. The van der Waals surface area contributed by atoms with Crippen LogP contribution in [0.4, 0.5) is 0 Å². The van der Waals surface area contributed by atoms with Crippen LogP contribution in [0.25, 0.3) is 10.9 Å². The summed E-state index contributed by atoms with van der Waals surface area (Å²) in [6.45, 7) is 1.68. The Hall–Kier alpha value is -5.43. The van der Waals surface area contributed by atoms with Crippen LogP contribution >= 0.6 is 0 Å². The third-order valence-electron chi connectivity index (χ3n) is 11.2. The number of aromatic amines is 1. The molecule has 3 aliphatic rings. The van der Waals surface area contributed by atoms with Gasteiger partial charge in [-0.2, -0.15) is 0 Å². The number of hydrogen-bond acceptors (Lipinski definition) is 12. The zero-order valence-corrected chi connectivity index (χ0v) is 31.4. The maximum atomic E-state index is 13.7. The molecule has 13 heteroatoms. The molecule has 1 aromatic heterocycles. The van der Waals surface area contributed by atoms with Gasteiger partial charge in [0.1, 0.15) is 23.4 Å². The molecule has 7 rings (SSSR count). The number of benzene rings is 3. The van der Waals surface area contributed by atoms with Gasteiger partial charge in [0, 0.05) is 41.8 Å². The molecular formula is C41H46N2O11. The van der Waals surface area contributed by atoms with Crippen LogP contribution in [0.3, 0.4) is 0 Å². The molecule has 0 bridgehead atoms. The van der Waals surface area contributed by atoms with E-state index in [9.17, 15) is 14.4 Å². The molecule has 0 radical (unpaired) electrons. The van der Waals surface area contributed by atoms with Crippen molar-refractivity contribution in [2.24, 2.45) is 17.8 Å². The molecule has 1 saturated carbocycles. The molecule has 0 amide bonds. The summed E-state index contributed by atoms with van der Waals surface area (Å²) in [5.74, 6) is 0.398. The summed E-state index contributed by atoms with van der Waals surface area (Å²) >= 11 is 0. The summed E-state index contributed by atoms with van der Waals surface area (Å²) < 4.78 is 44.4. The number of aromatic nitrogens is 1. The van der Waals surface area contributed by atoms with Gasteiger partial charge < -0.3 is 42.9 Å². The number of methoxy groups -OCH3 is 6. The van der Waals surface area contributed by atoms with Crippen molar-refractivity contribution in [3.05, 3.63) is 70.9 Å². The largest absolute Gasteiger partial charge is 0.497 e. The van der Waals surface area contributed by atoms with Gasteiger partial charge in [-0.1, -0.05) is 0 Å². The zero-order chi connectivity index (χ0) is 38.1. The van der Waals surface area contributed by atoms with E-state index >= 15 is 0 Å². The summed E-state index contributed by atoms with van der Waals surface area (Å²) in [6, 6.07) is 14.3. The number of H-pyrrole nitrogens is 1. The minimum absolute atomic E-state index is 0.0261. The number of rotatable bonds is 11. The molecule has 1 aliphatic carbocycles. The fourth-order valence-electron chi connectivity index (χ4n) is 8.66. The average Bonchev–Trinajstić information content (AvgIpc) is 3.57. The molecule has 3 heterocycles. The predicted octanol–water partition coefficient (Wildman–Crippen LogP) is 5.70. The number of esters is 3. The second kappa shape index (κ2) is 15.5. The van der Waals surface area contributed by atoms with Crippen LogP contribution in [0.15, 0.2) is 48.5 Å². The van der Waals surface area contributed by atoms with E-state index < -0.39 is 24.0 Å². The van der Waals surface area contributed by atoms with Crippen LogP contribution in [0, 0.1) is 17.8 Å². The van der Waals surface area contributed by atoms with Gasteiger partial charge in [-0.3, -0.25) is 14.5 Å². The van der Waals surface area contributed by atoms with Crippen LogP contribution in [-0.4, -0.2) is 89.6 Å². The average molecular weight is 743 g/mol. The molecule has 286 valence electrons. The van der Waals surface area contributed by atoms with Crippen molar-refractivity contribution in [2.45, 2.75) is 44.2 Å². The van der Waals surface area contributed by atoms with Crippen molar-refractivity contribution in [2.75, 3.05) is 55.7 Å². The fourth-order valence-corrected chi connectivity index (χ4v) is 8.66. The molecular weight excluding hydrogens is 696 g/mol. The van der Waals surface area contributed by atoms with Gasteiger partial charge in [0.05, 0.1) is 66.6 Å². The number of carbonyl (C=O) groups excluding carboxylic acids is 3. The van der Waals surface area contributed by atoms with Gasteiger partial charge in [0.25, 0.3) is 0 Å². The first-order chi connectivity index (χ1) is 26.2. The van der Waals surface area contributed by atoms with E-state index in [0.717, 1.165) is 37.2 Å².